The molecule has 3 N–H and O–H groups in total. The summed E-state index contributed by atoms with van der Waals surface area (Å²) in [5.41, 5.74) is 5.15. The van der Waals surface area contributed by atoms with Crippen molar-refractivity contribution >= 4 is 39.7 Å². The number of carbonyl (C=O) groups is 1. The second kappa shape index (κ2) is 7.06. The Morgan fingerprint density at radius 3 is 2.62 bits per heavy atom. The first-order valence-electron chi connectivity index (χ1n) is 6.34. The van der Waals surface area contributed by atoms with Gasteiger partial charge in [-0.2, -0.15) is 0 Å². The Morgan fingerprint density at radius 2 is 2.10 bits per heavy atom. The second-order valence-corrected chi connectivity index (χ2v) is 7.47. The molecule has 0 atom stereocenters. The standard InChI is InChI=1S/C12H18N2O4S2.ClH/c1-18-11(15)10-9(4-7-19-10)20(16,17)14-12(8-13)5-2-3-6-12;/h4,7,14H,2-3,5-6,8,13H2,1H3;1H. The molecule has 0 unspecified atom stereocenters. The highest BCUT2D eigenvalue weighted by molar-refractivity contribution is 7.89. The molecule has 0 aliphatic heterocycles. The molecule has 0 spiro atoms. The molecule has 1 aliphatic rings. The number of rotatable bonds is 5. The average Bonchev–Trinajstić information content (AvgIpc) is 3.06. The molecule has 1 aromatic heterocycles. The molecule has 1 aromatic rings. The predicted molar refractivity (Wildman–Crippen MR) is 83.5 cm³/mol. The predicted octanol–water partition coefficient (Wildman–Crippen LogP) is 1.51. The number of thiophene rings is 1. The minimum Gasteiger partial charge on any atom is -0.465 e. The lowest BCUT2D eigenvalue weighted by Crippen LogP contribution is -2.51. The number of carbonyl (C=O) groups excluding carboxylic acids is 1. The van der Waals surface area contributed by atoms with Gasteiger partial charge >= 0.3 is 5.97 Å². The van der Waals surface area contributed by atoms with Gasteiger partial charge in [0.25, 0.3) is 0 Å². The SMILES string of the molecule is COC(=O)c1sccc1S(=O)(=O)NC1(CN)CCCC1.Cl. The molecule has 120 valence electrons. The molecule has 1 aliphatic carbocycles. The highest BCUT2D eigenvalue weighted by atomic mass is 35.5. The van der Waals surface area contributed by atoms with Crippen LogP contribution in [0.1, 0.15) is 35.4 Å². The van der Waals surface area contributed by atoms with Gasteiger partial charge in [-0.15, -0.1) is 23.7 Å². The molecule has 0 amide bonds. The molecule has 6 nitrogen and oxygen atoms in total. The van der Waals surface area contributed by atoms with Crippen LogP contribution in [-0.2, 0) is 14.8 Å². The molecule has 21 heavy (non-hydrogen) atoms. The molecule has 1 fully saturated rings. The minimum absolute atomic E-state index is 0. The van der Waals surface area contributed by atoms with Gasteiger partial charge in [0.05, 0.1) is 7.11 Å². The van der Waals surface area contributed by atoms with E-state index in [-0.39, 0.29) is 28.7 Å². The van der Waals surface area contributed by atoms with E-state index in [1.807, 2.05) is 0 Å². The van der Waals surface area contributed by atoms with Crippen molar-refractivity contribution in [3.8, 4) is 0 Å². The summed E-state index contributed by atoms with van der Waals surface area (Å²) in [7, 11) is -2.55. The first-order valence-corrected chi connectivity index (χ1v) is 8.70. The number of hydrogen-bond donors (Lipinski definition) is 2. The van der Waals surface area contributed by atoms with Crippen molar-refractivity contribution in [3.05, 3.63) is 16.3 Å². The molecule has 1 saturated carbocycles. The highest BCUT2D eigenvalue weighted by Crippen LogP contribution is 2.31. The van der Waals surface area contributed by atoms with Crippen molar-refractivity contribution in [1.29, 1.82) is 0 Å². The lowest BCUT2D eigenvalue weighted by molar-refractivity contribution is 0.0602. The molecular formula is C12H19ClN2O4S2. The molecule has 0 saturated heterocycles. The summed E-state index contributed by atoms with van der Waals surface area (Å²) < 4.78 is 32.3. The summed E-state index contributed by atoms with van der Waals surface area (Å²) in [6.45, 7) is 0.254. The maximum Gasteiger partial charge on any atom is 0.349 e. The van der Waals surface area contributed by atoms with Gasteiger partial charge in [-0.25, -0.2) is 17.9 Å². The Hall–Kier alpha value is -0.670. The molecular weight excluding hydrogens is 336 g/mol. The third kappa shape index (κ3) is 3.75. The normalized spacial score (nSPS) is 17.2. The summed E-state index contributed by atoms with van der Waals surface area (Å²) in [6.07, 6.45) is 3.35. The Labute approximate surface area is 134 Å². The maximum absolute atomic E-state index is 12.5. The van der Waals surface area contributed by atoms with Crippen molar-refractivity contribution < 1.29 is 17.9 Å². The Kier molecular flexibility index (Phi) is 6.18. The smallest absolute Gasteiger partial charge is 0.349 e. The number of nitrogens with two attached hydrogens (primary N) is 1. The lowest BCUT2D eigenvalue weighted by atomic mass is 10.0. The summed E-state index contributed by atoms with van der Waals surface area (Å²) >= 11 is 1.05. The highest BCUT2D eigenvalue weighted by Gasteiger charge is 2.38. The van der Waals surface area contributed by atoms with Crippen LogP contribution in [0.2, 0.25) is 0 Å². The zero-order chi connectivity index (χ0) is 14.8. The van der Waals surface area contributed by atoms with Crippen LogP contribution in [0.25, 0.3) is 0 Å². The number of sulfonamides is 1. The summed E-state index contributed by atoms with van der Waals surface area (Å²) in [6, 6.07) is 1.42. The van der Waals surface area contributed by atoms with Crippen molar-refractivity contribution in [2.45, 2.75) is 36.1 Å². The van der Waals surface area contributed by atoms with Crippen LogP contribution in [0.4, 0.5) is 0 Å². The lowest BCUT2D eigenvalue weighted by Gasteiger charge is -2.28. The quantitative estimate of drug-likeness (QED) is 0.781. The first kappa shape index (κ1) is 18.4. The van der Waals surface area contributed by atoms with Crippen LogP contribution in [0.3, 0.4) is 0 Å². The third-order valence-corrected chi connectivity index (χ3v) is 6.24. The fraction of sp³-hybridized carbons (Fsp3) is 0.583. The number of nitrogens with one attached hydrogen (secondary N) is 1. The van der Waals surface area contributed by atoms with Crippen LogP contribution in [0.5, 0.6) is 0 Å². The van der Waals surface area contributed by atoms with Gasteiger partial charge in [0.1, 0.15) is 9.77 Å². The molecule has 0 radical (unpaired) electrons. The Bertz CT molecular complexity index is 594. The molecule has 2 rings (SSSR count). The van der Waals surface area contributed by atoms with E-state index in [9.17, 15) is 13.2 Å². The number of ether oxygens (including phenoxy) is 1. The minimum atomic E-state index is -3.78. The number of methoxy groups -OCH3 is 1. The molecule has 9 heteroatoms. The number of esters is 1. The van der Waals surface area contributed by atoms with Crippen molar-refractivity contribution in [2.24, 2.45) is 5.73 Å². The van der Waals surface area contributed by atoms with E-state index in [1.165, 1.54) is 13.2 Å². The average molecular weight is 355 g/mol. The van der Waals surface area contributed by atoms with Crippen LogP contribution in [0, 0.1) is 0 Å². The topological polar surface area (TPSA) is 98.5 Å². The first-order chi connectivity index (χ1) is 9.44. The fourth-order valence-corrected chi connectivity index (χ4v) is 5.30. The van der Waals surface area contributed by atoms with Gasteiger partial charge in [-0.3, -0.25) is 0 Å². The Balaban J connectivity index is 0.00000220. The van der Waals surface area contributed by atoms with Gasteiger partial charge in [-0.05, 0) is 24.3 Å². The molecule has 0 aromatic carbocycles. The van der Waals surface area contributed by atoms with Crippen molar-refractivity contribution in [3.63, 3.8) is 0 Å². The zero-order valence-electron chi connectivity index (χ0n) is 11.6. The van der Waals surface area contributed by atoms with E-state index in [1.54, 1.807) is 5.38 Å². The van der Waals surface area contributed by atoms with Crippen LogP contribution in [0.15, 0.2) is 16.3 Å². The van der Waals surface area contributed by atoms with Gasteiger partial charge in [0.2, 0.25) is 10.0 Å². The summed E-state index contributed by atoms with van der Waals surface area (Å²) in [5.74, 6) is -0.645. The fourth-order valence-electron chi connectivity index (χ4n) is 2.49. The summed E-state index contributed by atoms with van der Waals surface area (Å²) in [5, 5.41) is 1.56. The van der Waals surface area contributed by atoms with E-state index >= 15 is 0 Å². The van der Waals surface area contributed by atoms with Crippen LogP contribution >= 0.6 is 23.7 Å². The van der Waals surface area contributed by atoms with E-state index in [4.69, 9.17) is 5.73 Å². The van der Waals surface area contributed by atoms with Crippen LogP contribution in [-0.4, -0.2) is 33.6 Å². The van der Waals surface area contributed by atoms with E-state index < -0.39 is 21.5 Å². The Morgan fingerprint density at radius 1 is 1.48 bits per heavy atom. The van der Waals surface area contributed by atoms with Gasteiger partial charge in [0, 0.05) is 12.1 Å². The number of hydrogen-bond acceptors (Lipinski definition) is 6. The van der Waals surface area contributed by atoms with E-state index in [0.29, 0.717) is 0 Å². The van der Waals surface area contributed by atoms with Crippen molar-refractivity contribution in [1.82, 2.24) is 4.72 Å². The zero-order valence-corrected chi connectivity index (χ0v) is 14.1. The number of halogens is 1. The largest absolute Gasteiger partial charge is 0.465 e. The van der Waals surface area contributed by atoms with Crippen molar-refractivity contribution in [2.75, 3.05) is 13.7 Å². The van der Waals surface area contributed by atoms with Gasteiger partial charge in [-0.1, -0.05) is 12.8 Å². The molecule has 1 heterocycles. The van der Waals surface area contributed by atoms with Gasteiger partial charge < -0.3 is 10.5 Å². The monoisotopic (exact) mass is 354 g/mol. The van der Waals surface area contributed by atoms with E-state index in [2.05, 4.69) is 9.46 Å². The van der Waals surface area contributed by atoms with Crippen LogP contribution < -0.4 is 10.5 Å². The second-order valence-electron chi connectivity index (χ2n) is 4.90. The van der Waals surface area contributed by atoms with E-state index in [0.717, 1.165) is 37.0 Å². The maximum atomic E-state index is 12.5. The third-order valence-electron chi connectivity index (χ3n) is 3.59. The van der Waals surface area contributed by atoms with Gasteiger partial charge in [0.15, 0.2) is 0 Å². The molecule has 0 bridgehead atoms. The summed E-state index contributed by atoms with van der Waals surface area (Å²) in [4.78, 5) is 11.7.